The number of pyridine rings is 1. The Labute approximate surface area is 149 Å². The van der Waals surface area contributed by atoms with Crippen LogP contribution in [0.3, 0.4) is 0 Å². The van der Waals surface area contributed by atoms with Gasteiger partial charge in [-0.15, -0.1) is 0 Å². The Bertz CT molecular complexity index is 724. The molecule has 0 aliphatic carbocycles. The first-order chi connectivity index (χ1) is 12.1. The number of rotatable bonds is 4. The Morgan fingerprint density at radius 1 is 1.20 bits per heavy atom. The van der Waals surface area contributed by atoms with Gasteiger partial charge in [-0.1, -0.05) is 11.2 Å². The monoisotopic (exact) mass is 341 g/mol. The minimum Gasteiger partial charge on any atom is -0.383 e. The molecule has 2 bridgehead atoms. The van der Waals surface area contributed by atoms with Crippen LogP contribution in [0.1, 0.15) is 35.4 Å². The van der Waals surface area contributed by atoms with E-state index in [1.165, 1.54) is 18.4 Å². The van der Waals surface area contributed by atoms with Gasteiger partial charge in [-0.2, -0.15) is 0 Å². The number of fused-ring (bicyclic) bond motifs is 4. The molecule has 2 aromatic heterocycles. The second-order valence-electron chi connectivity index (χ2n) is 7.57. The first kappa shape index (κ1) is 16.5. The van der Waals surface area contributed by atoms with E-state index in [4.69, 9.17) is 10.3 Å². The van der Waals surface area contributed by atoms with E-state index < -0.39 is 0 Å². The van der Waals surface area contributed by atoms with Crippen molar-refractivity contribution in [2.75, 3.05) is 25.4 Å². The van der Waals surface area contributed by atoms with Gasteiger partial charge in [-0.05, 0) is 38.7 Å². The van der Waals surface area contributed by atoms with Crippen LogP contribution >= 0.6 is 0 Å². The van der Waals surface area contributed by atoms with Crippen LogP contribution in [0.2, 0.25) is 0 Å². The van der Waals surface area contributed by atoms with Crippen molar-refractivity contribution in [3.05, 3.63) is 40.9 Å². The van der Waals surface area contributed by atoms with Crippen molar-refractivity contribution >= 4 is 5.82 Å². The molecule has 2 N–H and O–H groups in total. The predicted octanol–water partition coefficient (Wildman–Crippen LogP) is 2.37. The second-order valence-corrected chi connectivity index (χ2v) is 7.57. The fourth-order valence-electron chi connectivity index (χ4n) is 4.35. The lowest BCUT2D eigenvalue weighted by atomic mass is 9.94. The Kier molecular flexibility index (Phi) is 4.48. The lowest BCUT2D eigenvalue weighted by Crippen LogP contribution is -2.43. The molecular formula is C19H27N5O. The lowest BCUT2D eigenvalue weighted by molar-refractivity contribution is 0.123. The van der Waals surface area contributed by atoms with Crippen molar-refractivity contribution in [2.45, 2.75) is 45.8 Å². The van der Waals surface area contributed by atoms with Gasteiger partial charge in [0, 0.05) is 56.1 Å². The summed E-state index contributed by atoms with van der Waals surface area (Å²) in [5.74, 6) is 2.33. The number of nitrogen functional groups attached to an aromatic ring is 1. The van der Waals surface area contributed by atoms with Crippen molar-refractivity contribution in [1.82, 2.24) is 19.9 Å². The number of anilines is 1. The fourth-order valence-corrected chi connectivity index (χ4v) is 4.35. The van der Waals surface area contributed by atoms with Gasteiger partial charge in [0.2, 0.25) is 0 Å². The van der Waals surface area contributed by atoms with Crippen LogP contribution in [0.15, 0.2) is 22.9 Å². The third kappa shape index (κ3) is 3.41. The molecule has 134 valence electrons. The molecule has 3 fully saturated rings. The summed E-state index contributed by atoms with van der Waals surface area (Å²) in [5, 5.41) is 4.11. The highest BCUT2D eigenvalue weighted by molar-refractivity contribution is 5.38. The highest BCUT2D eigenvalue weighted by atomic mass is 16.5. The maximum Gasteiger partial charge on any atom is 0.138 e. The minimum absolute atomic E-state index is 0.582. The SMILES string of the molecule is Cc1noc(C)c1CN1C[C@@H]2CC[C@H](C1)N(Cc1cccnc1N)C2. The van der Waals surface area contributed by atoms with Gasteiger partial charge < -0.3 is 10.3 Å². The van der Waals surface area contributed by atoms with E-state index >= 15 is 0 Å². The lowest BCUT2D eigenvalue weighted by Gasteiger charge is -2.36. The van der Waals surface area contributed by atoms with Crippen LogP contribution in [0.25, 0.3) is 0 Å². The molecule has 3 aliphatic heterocycles. The number of nitrogens with two attached hydrogens (primary N) is 1. The summed E-state index contributed by atoms with van der Waals surface area (Å²) in [6.45, 7) is 9.30. The van der Waals surface area contributed by atoms with Gasteiger partial charge in [0.15, 0.2) is 0 Å². The molecule has 5 heterocycles. The number of aryl methyl sites for hydroxylation is 2. The summed E-state index contributed by atoms with van der Waals surface area (Å²) < 4.78 is 5.34. The smallest absolute Gasteiger partial charge is 0.138 e. The molecule has 5 rings (SSSR count). The number of nitrogens with zero attached hydrogens (tertiary/aromatic N) is 4. The largest absolute Gasteiger partial charge is 0.383 e. The number of aromatic nitrogens is 2. The molecule has 0 saturated carbocycles. The van der Waals surface area contributed by atoms with Gasteiger partial charge in [0.25, 0.3) is 0 Å². The van der Waals surface area contributed by atoms with Crippen LogP contribution in [0.4, 0.5) is 5.82 Å². The van der Waals surface area contributed by atoms with Crippen LogP contribution in [-0.2, 0) is 13.1 Å². The van der Waals surface area contributed by atoms with Crippen LogP contribution in [0, 0.1) is 19.8 Å². The van der Waals surface area contributed by atoms with Gasteiger partial charge in [-0.3, -0.25) is 9.80 Å². The van der Waals surface area contributed by atoms with E-state index in [1.54, 1.807) is 6.20 Å². The summed E-state index contributed by atoms with van der Waals surface area (Å²) in [6.07, 6.45) is 4.35. The van der Waals surface area contributed by atoms with E-state index in [0.717, 1.165) is 55.7 Å². The highest BCUT2D eigenvalue weighted by Crippen LogP contribution is 2.31. The zero-order chi connectivity index (χ0) is 17.4. The Morgan fingerprint density at radius 3 is 2.84 bits per heavy atom. The van der Waals surface area contributed by atoms with E-state index in [9.17, 15) is 0 Å². The normalized spacial score (nSPS) is 24.6. The molecular weight excluding hydrogens is 314 g/mol. The minimum atomic E-state index is 0.582. The molecule has 0 spiro atoms. The van der Waals surface area contributed by atoms with E-state index in [2.05, 4.69) is 26.0 Å². The molecule has 3 saturated heterocycles. The van der Waals surface area contributed by atoms with Crippen molar-refractivity contribution < 1.29 is 4.52 Å². The average molecular weight is 341 g/mol. The van der Waals surface area contributed by atoms with E-state index in [1.807, 2.05) is 19.9 Å². The summed E-state index contributed by atoms with van der Waals surface area (Å²) in [7, 11) is 0. The van der Waals surface area contributed by atoms with Gasteiger partial charge >= 0.3 is 0 Å². The number of hydrogen-bond acceptors (Lipinski definition) is 6. The highest BCUT2D eigenvalue weighted by Gasteiger charge is 2.35. The van der Waals surface area contributed by atoms with Crippen molar-refractivity contribution in [2.24, 2.45) is 5.92 Å². The molecule has 6 heteroatoms. The molecule has 3 aliphatic rings. The summed E-state index contributed by atoms with van der Waals surface area (Å²) in [6, 6.07) is 4.66. The Morgan fingerprint density at radius 2 is 2.08 bits per heavy atom. The van der Waals surface area contributed by atoms with Crippen molar-refractivity contribution in [1.29, 1.82) is 0 Å². The Hall–Kier alpha value is -1.92. The second kappa shape index (κ2) is 6.77. The topological polar surface area (TPSA) is 71.4 Å². The zero-order valence-corrected chi connectivity index (χ0v) is 15.1. The van der Waals surface area contributed by atoms with E-state index in [-0.39, 0.29) is 0 Å². The summed E-state index contributed by atoms with van der Waals surface area (Å²) in [4.78, 5) is 9.43. The molecule has 0 amide bonds. The fraction of sp³-hybridized carbons (Fsp3) is 0.579. The van der Waals surface area contributed by atoms with Crippen LogP contribution < -0.4 is 5.73 Å². The van der Waals surface area contributed by atoms with Crippen LogP contribution in [-0.4, -0.2) is 45.6 Å². The molecule has 0 unspecified atom stereocenters. The quantitative estimate of drug-likeness (QED) is 0.920. The molecule has 0 radical (unpaired) electrons. The third-order valence-corrected chi connectivity index (χ3v) is 5.77. The maximum atomic E-state index is 6.06. The van der Waals surface area contributed by atoms with E-state index in [0.29, 0.717) is 11.9 Å². The predicted molar refractivity (Wildman–Crippen MR) is 96.8 cm³/mol. The maximum absolute atomic E-state index is 6.06. The molecule has 6 nitrogen and oxygen atoms in total. The summed E-state index contributed by atoms with van der Waals surface area (Å²) >= 11 is 0. The first-order valence-corrected chi connectivity index (χ1v) is 9.17. The average Bonchev–Trinajstić information content (AvgIpc) is 2.78. The van der Waals surface area contributed by atoms with Crippen molar-refractivity contribution in [3.8, 4) is 0 Å². The molecule has 2 aromatic rings. The van der Waals surface area contributed by atoms with Gasteiger partial charge in [0.1, 0.15) is 11.6 Å². The number of hydrogen-bond donors (Lipinski definition) is 1. The molecule has 25 heavy (non-hydrogen) atoms. The van der Waals surface area contributed by atoms with Gasteiger partial charge in [-0.25, -0.2) is 4.98 Å². The van der Waals surface area contributed by atoms with Gasteiger partial charge in [0.05, 0.1) is 5.69 Å². The zero-order valence-electron chi connectivity index (χ0n) is 15.1. The van der Waals surface area contributed by atoms with Crippen LogP contribution in [0.5, 0.6) is 0 Å². The molecule has 0 aromatic carbocycles. The standard InChI is InChI=1S/C19H27N5O/c1-13-18(14(2)25-22-13)12-23-8-15-5-6-17(11-23)24(9-15)10-16-4-3-7-21-19(16)20/h3-4,7,15,17H,5-6,8-12H2,1-2H3,(H2,20,21)/t15-,17+/m0/s1. The summed E-state index contributed by atoms with van der Waals surface area (Å²) in [5.41, 5.74) is 9.48. The third-order valence-electron chi connectivity index (χ3n) is 5.77. The molecule has 2 atom stereocenters. The Balaban J connectivity index is 1.48. The number of piperidine rings is 1. The first-order valence-electron chi connectivity index (χ1n) is 9.17. The van der Waals surface area contributed by atoms with Crippen molar-refractivity contribution in [3.63, 3.8) is 0 Å².